The Labute approximate surface area is 120 Å². The highest BCUT2D eigenvalue weighted by atomic mass is 15.1. The predicted molar refractivity (Wildman–Crippen MR) is 81.4 cm³/mol. The van der Waals surface area contributed by atoms with Gasteiger partial charge < -0.3 is 10.3 Å². The van der Waals surface area contributed by atoms with Crippen molar-refractivity contribution in [3.63, 3.8) is 0 Å². The third-order valence-corrected chi connectivity index (χ3v) is 4.48. The smallest absolute Gasteiger partial charge is 0.0951 e. The average molecular weight is 269 g/mol. The zero-order valence-corrected chi connectivity index (χ0v) is 12.1. The fourth-order valence-electron chi connectivity index (χ4n) is 3.35. The number of imidazole rings is 1. The van der Waals surface area contributed by atoms with Gasteiger partial charge in [0.15, 0.2) is 0 Å². The maximum atomic E-state index is 6.44. The topological polar surface area (TPSA) is 43.8 Å². The number of nitrogens with two attached hydrogens (primary N) is 1. The van der Waals surface area contributed by atoms with Crippen LogP contribution in [0.15, 0.2) is 42.9 Å². The molecule has 106 valence electrons. The van der Waals surface area contributed by atoms with Gasteiger partial charge in [-0.25, -0.2) is 4.98 Å². The van der Waals surface area contributed by atoms with Crippen LogP contribution in [0.3, 0.4) is 0 Å². The van der Waals surface area contributed by atoms with Crippen molar-refractivity contribution in [1.29, 1.82) is 0 Å². The maximum Gasteiger partial charge on any atom is 0.0951 e. The van der Waals surface area contributed by atoms with E-state index in [9.17, 15) is 0 Å². The minimum absolute atomic E-state index is 0.0871. The van der Waals surface area contributed by atoms with Gasteiger partial charge in [-0.1, -0.05) is 50.1 Å². The van der Waals surface area contributed by atoms with E-state index >= 15 is 0 Å². The number of aromatic nitrogens is 2. The molecule has 0 amide bonds. The Morgan fingerprint density at radius 2 is 2.05 bits per heavy atom. The Kier molecular flexibility index (Phi) is 3.88. The van der Waals surface area contributed by atoms with E-state index in [0.29, 0.717) is 6.04 Å². The molecule has 3 rings (SSSR count). The Morgan fingerprint density at radius 3 is 2.80 bits per heavy atom. The van der Waals surface area contributed by atoms with Crippen molar-refractivity contribution in [3.05, 3.63) is 54.1 Å². The van der Waals surface area contributed by atoms with Crippen molar-refractivity contribution in [2.24, 2.45) is 11.7 Å². The van der Waals surface area contributed by atoms with Crippen molar-refractivity contribution in [2.45, 2.75) is 44.7 Å². The Bertz CT molecular complexity index is 546. The quantitative estimate of drug-likeness (QED) is 0.923. The van der Waals surface area contributed by atoms with Gasteiger partial charge >= 0.3 is 0 Å². The molecule has 1 aliphatic carbocycles. The molecule has 2 N–H and O–H groups in total. The normalized spacial score (nSPS) is 24.5. The summed E-state index contributed by atoms with van der Waals surface area (Å²) in [4.78, 5) is 4.35. The monoisotopic (exact) mass is 269 g/mol. The van der Waals surface area contributed by atoms with Crippen molar-refractivity contribution < 1.29 is 0 Å². The van der Waals surface area contributed by atoms with Crippen molar-refractivity contribution in [2.75, 3.05) is 0 Å². The molecule has 1 aromatic carbocycles. The van der Waals surface area contributed by atoms with E-state index in [1.807, 2.05) is 30.7 Å². The fourth-order valence-corrected chi connectivity index (χ4v) is 3.35. The lowest BCUT2D eigenvalue weighted by atomic mass is 9.86. The van der Waals surface area contributed by atoms with Crippen LogP contribution in [-0.4, -0.2) is 9.55 Å². The number of hydrogen-bond acceptors (Lipinski definition) is 2. The second kappa shape index (κ2) is 5.80. The van der Waals surface area contributed by atoms with E-state index in [2.05, 4.69) is 28.6 Å². The molecular formula is C17H23N3. The minimum Gasteiger partial charge on any atom is -0.330 e. The van der Waals surface area contributed by atoms with E-state index in [1.165, 1.54) is 25.7 Å². The molecule has 0 saturated heterocycles. The second-order valence-corrected chi connectivity index (χ2v) is 6.04. The summed E-state index contributed by atoms with van der Waals surface area (Å²) in [5.74, 6) is 0.803. The minimum atomic E-state index is -0.0871. The van der Waals surface area contributed by atoms with E-state index in [0.717, 1.165) is 17.2 Å². The van der Waals surface area contributed by atoms with Crippen LogP contribution in [0.25, 0.3) is 0 Å². The molecule has 0 spiro atoms. The van der Waals surface area contributed by atoms with Crippen LogP contribution in [-0.2, 0) is 0 Å². The maximum absolute atomic E-state index is 6.44. The summed E-state index contributed by atoms with van der Waals surface area (Å²) in [6.45, 7) is 2.35. The molecule has 3 unspecified atom stereocenters. The number of hydrogen-bond donors (Lipinski definition) is 1. The number of rotatable bonds is 3. The zero-order valence-electron chi connectivity index (χ0n) is 12.1. The average Bonchev–Trinajstić information content (AvgIpc) is 2.97. The summed E-state index contributed by atoms with van der Waals surface area (Å²) in [6.07, 6.45) is 9.03. The van der Waals surface area contributed by atoms with Gasteiger partial charge in [-0.2, -0.15) is 0 Å². The molecule has 1 heterocycles. The van der Waals surface area contributed by atoms with Gasteiger partial charge in [0, 0.05) is 6.04 Å². The molecule has 0 bridgehead atoms. The summed E-state index contributed by atoms with van der Waals surface area (Å²) in [6, 6.07) is 10.8. The molecule has 1 aliphatic rings. The third kappa shape index (κ3) is 2.63. The Hall–Kier alpha value is -1.61. The largest absolute Gasteiger partial charge is 0.330 e. The summed E-state index contributed by atoms with van der Waals surface area (Å²) in [5.41, 5.74) is 8.73. The Balaban J connectivity index is 1.86. The molecule has 1 fully saturated rings. The van der Waals surface area contributed by atoms with Crippen LogP contribution in [0, 0.1) is 5.92 Å². The first kappa shape index (κ1) is 13.4. The van der Waals surface area contributed by atoms with Crippen molar-refractivity contribution >= 4 is 0 Å². The summed E-state index contributed by atoms with van der Waals surface area (Å²) in [7, 11) is 0. The van der Waals surface area contributed by atoms with Gasteiger partial charge in [0.1, 0.15) is 0 Å². The molecule has 20 heavy (non-hydrogen) atoms. The molecule has 0 radical (unpaired) electrons. The van der Waals surface area contributed by atoms with Gasteiger partial charge in [-0.15, -0.1) is 0 Å². The van der Waals surface area contributed by atoms with Crippen LogP contribution in [0.4, 0.5) is 0 Å². The van der Waals surface area contributed by atoms with Crippen LogP contribution >= 0.6 is 0 Å². The second-order valence-electron chi connectivity index (χ2n) is 6.04. The lowest BCUT2D eigenvalue weighted by molar-refractivity contribution is 0.277. The molecule has 2 aromatic rings. The van der Waals surface area contributed by atoms with E-state index in [-0.39, 0.29) is 6.04 Å². The highest BCUT2D eigenvalue weighted by Crippen LogP contribution is 2.34. The van der Waals surface area contributed by atoms with Crippen LogP contribution in [0.5, 0.6) is 0 Å². The first-order chi connectivity index (χ1) is 9.75. The summed E-state index contributed by atoms with van der Waals surface area (Å²) >= 11 is 0. The van der Waals surface area contributed by atoms with E-state index in [4.69, 9.17) is 5.73 Å². The number of benzene rings is 1. The third-order valence-electron chi connectivity index (χ3n) is 4.48. The van der Waals surface area contributed by atoms with Gasteiger partial charge in [-0.3, -0.25) is 0 Å². The lowest BCUT2D eigenvalue weighted by Crippen LogP contribution is -2.23. The zero-order chi connectivity index (χ0) is 13.9. The van der Waals surface area contributed by atoms with Crippen LogP contribution in [0.1, 0.15) is 55.9 Å². The van der Waals surface area contributed by atoms with E-state index < -0.39 is 0 Å². The van der Waals surface area contributed by atoms with Crippen LogP contribution < -0.4 is 5.73 Å². The van der Waals surface area contributed by atoms with Gasteiger partial charge in [0.05, 0.1) is 24.3 Å². The molecule has 3 atom stereocenters. The summed E-state index contributed by atoms with van der Waals surface area (Å²) < 4.78 is 2.31. The molecule has 3 nitrogen and oxygen atoms in total. The summed E-state index contributed by atoms with van der Waals surface area (Å²) in [5, 5.41) is 0. The molecule has 3 heteroatoms. The Morgan fingerprint density at radius 1 is 1.25 bits per heavy atom. The van der Waals surface area contributed by atoms with Gasteiger partial charge in [0.25, 0.3) is 0 Å². The van der Waals surface area contributed by atoms with Crippen molar-refractivity contribution in [3.8, 4) is 0 Å². The standard InChI is InChI=1S/C17H23N3/c1-13-6-5-9-15(10-13)20-12-19-11-16(20)17(18)14-7-3-2-4-8-14/h2-4,7-8,11-13,15,17H,5-6,9-10,18H2,1H3. The van der Waals surface area contributed by atoms with Gasteiger partial charge in [0.2, 0.25) is 0 Å². The fraction of sp³-hybridized carbons (Fsp3) is 0.471. The lowest BCUT2D eigenvalue weighted by Gasteiger charge is -2.30. The van der Waals surface area contributed by atoms with Crippen molar-refractivity contribution in [1.82, 2.24) is 9.55 Å². The van der Waals surface area contributed by atoms with Gasteiger partial charge in [-0.05, 0) is 24.3 Å². The van der Waals surface area contributed by atoms with E-state index in [1.54, 1.807) is 0 Å². The molecule has 1 saturated carbocycles. The first-order valence-electron chi connectivity index (χ1n) is 7.58. The first-order valence-corrected chi connectivity index (χ1v) is 7.58. The molecule has 1 aromatic heterocycles. The predicted octanol–water partition coefficient (Wildman–Crippen LogP) is 3.68. The van der Waals surface area contributed by atoms with Crippen LogP contribution in [0.2, 0.25) is 0 Å². The molecular weight excluding hydrogens is 246 g/mol. The number of nitrogens with zero attached hydrogens (tertiary/aromatic N) is 2. The highest BCUT2D eigenvalue weighted by Gasteiger charge is 2.24. The highest BCUT2D eigenvalue weighted by molar-refractivity contribution is 5.26. The molecule has 0 aliphatic heterocycles. The SMILES string of the molecule is CC1CCCC(n2cncc2C(N)c2ccccc2)C1.